The molecule has 0 radical (unpaired) electrons. The SMILES string of the molecule is Cc1c2ccc(NC(=O)Nc3c(F)cccc3Cl)cc2nn1C. The van der Waals surface area contributed by atoms with Gasteiger partial charge < -0.3 is 10.6 Å². The molecule has 1 heterocycles. The van der Waals surface area contributed by atoms with Gasteiger partial charge in [0.25, 0.3) is 0 Å². The van der Waals surface area contributed by atoms with Crippen LogP contribution in [0, 0.1) is 12.7 Å². The van der Waals surface area contributed by atoms with Crippen LogP contribution in [-0.4, -0.2) is 15.8 Å². The van der Waals surface area contributed by atoms with Gasteiger partial charge >= 0.3 is 6.03 Å². The third kappa shape index (κ3) is 2.98. The molecule has 0 aliphatic rings. The third-order valence-electron chi connectivity index (χ3n) is 3.59. The van der Waals surface area contributed by atoms with E-state index in [4.69, 9.17) is 11.6 Å². The summed E-state index contributed by atoms with van der Waals surface area (Å²) in [6.07, 6.45) is 0. The number of aromatic nitrogens is 2. The third-order valence-corrected chi connectivity index (χ3v) is 3.90. The highest BCUT2D eigenvalue weighted by Crippen LogP contribution is 2.25. The molecule has 2 aromatic carbocycles. The Morgan fingerprint density at radius 2 is 2.04 bits per heavy atom. The van der Waals surface area contributed by atoms with E-state index < -0.39 is 11.8 Å². The highest BCUT2D eigenvalue weighted by molar-refractivity contribution is 6.33. The van der Waals surface area contributed by atoms with Crippen molar-refractivity contribution in [3.05, 3.63) is 52.9 Å². The lowest BCUT2D eigenvalue weighted by Crippen LogP contribution is -2.20. The van der Waals surface area contributed by atoms with Gasteiger partial charge in [-0.15, -0.1) is 0 Å². The maximum atomic E-state index is 13.7. The molecule has 0 aliphatic carbocycles. The first-order chi connectivity index (χ1) is 11.0. The number of fused-ring (bicyclic) bond motifs is 1. The first-order valence-electron chi connectivity index (χ1n) is 6.91. The number of anilines is 2. The lowest BCUT2D eigenvalue weighted by atomic mass is 10.2. The van der Waals surface area contributed by atoms with Gasteiger partial charge in [0.15, 0.2) is 0 Å². The Bertz CT molecular complexity index is 886. The molecule has 0 unspecified atom stereocenters. The van der Waals surface area contributed by atoms with Crippen LogP contribution in [0.2, 0.25) is 5.02 Å². The number of para-hydroxylation sites is 1. The summed E-state index contributed by atoms with van der Waals surface area (Å²) in [6.45, 7) is 1.97. The molecule has 0 saturated heterocycles. The summed E-state index contributed by atoms with van der Waals surface area (Å²) in [5.41, 5.74) is 2.31. The molecule has 23 heavy (non-hydrogen) atoms. The lowest BCUT2D eigenvalue weighted by Gasteiger charge is -2.09. The predicted octanol–water partition coefficient (Wildman–Crippen LogP) is 4.32. The number of nitrogens with zero attached hydrogens (tertiary/aromatic N) is 2. The largest absolute Gasteiger partial charge is 0.323 e. The number of carbonyl (C=O) groups excluding carboxylic acids is 1. The number of aryl methyl sites for hydroxylation is 2. The number of urea groups is 1. The molecule has 2 N–H and O–H groups in total. The topological polar surface area (TPSA) is 59.0 Å². The number of nitrogens with one attached hydrogen (secondary N) is 2. The number of benzene rings is 2. The fourth-order valence-corrected chi connectivity index (χ4v) is 2.51. The van der Waals surface area contributed by atoms with Crippen LogP contribution in [0.4, 0.5) is 20.6 Å². The van der Waals surface area contributed by atoms with Gasteiger partial charge in [-0.1, -0.05) is 17.7 Å². The Morgan fingerprint density at radius 3 is 2.78 bits per heavy atom. The second-order valence-corrected chi connectivity index (χ2v) is 5.52. The van der Waals surface area contributed by atoms with Crippen LogP contribution in [0.3, 0.4) is 0 Å². The van der Waals surface area contributed by atoms with Crippen LogP contribution in [0.15, 0.2) is 36.4 Å². The second kappa shape index (κ2) is 5.89. The number of halogens is 2. The monoisotopic (exact) mass is 332 g/mol. The van der Waals surface area contributed by atoms with Crippen LogP contribution >= 0.6 is 11.6 Å². The molecule has 3 aromatic rings. The summed E-state index contributed by atoms with van der Waals surface area (Å²) in [5.74, 6) is -0.594. The molecule has 0 bridgehead atoms. The quantitative estimate of drug-likeness (QED) is 0.734. The highest BCUT2D eigenvalue weighted by atomic mass is 35.5. The number of rotatable bonds is 2. The van der Waals surface area contributed by atoms with E-state index in [-0.39, 0.29) is 10.7 Å². The van der Waals surface area contributed by atoms with E-state index in [1.165, 1.54) is 18.2 Å². The van der Waals surface area contributed by atoms with Crippen molar-refractivity contribution in [2.24, 2.45) is 7.05 Å². The van der Waals surface area contributed by atoms with Crippen molar-refractivity contribution in [3.8, 4) is 0 Å². The minimum atomic E-state index is -0.594. The van der Waals surface area contributed by atoms with Crippen LogP contribution in [-0.2, 0) is 7.05 Å². The molecular weight excluding hydrogens is 319 g/mol. The molecule has 2 amide bonds. The lowest BCUT2D eigenvalue weighted by molar-refractivity contribution is 0.262. The summed E-state index contributed by atoms with van der Waals surface area (Å²) in [6, 6.07) is 9.02. The molecule has 0 aliphatic heterocycles. The number of hydrogen-bond donors (Lipinski definition) is 2. The van der Waals surface area contributed by atoms with E-state index in [1.807, 2.05) is 20.0 Å². The summed E-state index contributed by atoms with van der Waals surface area (Å²) < 4.78 is 15.4. The predicted molar refractivity (Wildman–Crippen MR) is 89.5 cm³/mol. The van der Waals surface area contributed by atoms with Gasteiger partial charge in [-0.2, -0.15) is 5.10 Å². The van der Waals surface area contributed by atoms with Gasteiger partial charge in [0.1, 0.15) is 5.82 Å². The normalized spacial score (nSPS) is 10.8. The summed E-state index contributed by atoms with van der Waals surface area (Å²) in [7, 11) is 1.86. The fraction of sp³-hybridized carbons (Fsp3) is 0.125. The Morgan fingerprint density at radius 1 is 1.26 bits per heavy atom. The average Bonchev–Trinajstić information content (AvgIpc) is 2.78. The molecule has 118 valence electrons. The van der Waals surface area contributed by atoms with Gasteiger partial charge in [-0.05, 0) is 37.3 Å². The van der Waals surface area contributed by atoms with E-state index in [0.29, 0.717) is 5.69 Å². The Kier molecular flexibility index (Phi) is 3.92. The molecule has 0 fully saturated rings. The maximum absolute atomic E-state index is 13.7. The Labute approximate surface area is 137 Å². The van der Waals surface area contributed by atoms with Gasteiger partial charge in [-0.3, -0.25) is 4.68 Å². The van der Waals surface area contributed by atoms with Crippen molar-refractivity contribution in [2.45, 2.75) is 6.92 Å². The molecule has 0 saturated carbocycles. The van der Waals surface area contributed by atoms with E-state index in [0.717, 1.165) is 16.6 Å². The van der Waals surface area contributed by atoms with Crippen molar-refractivity contribution >= 4 is 39.9 Å². The van der Waals surface area contributed by atoms with Crippen LogP contribution in [0.5, 0.6) is 0 Å². The number of amides is 2. The maximum Gasteiger partial charge on any atom is 0.323 e. The van der Waals surface area contributed by atoms with Gasteiger partial charge in [0.05, 0.1) is 16.2 Å². The van der Waals surface area contributed by atoms with E-state index >= 15 is 0 Å². The molecule has 1 aromatic heterocycles. The first-order valence-corrected chi connectivity index (χ1v) is 7.29. The van der Waals surface area contributed by atoms with E-state index in [2.05, 4.69) is 15.7 Å². The zero-order valence-corrected chi connectivity index (χ0v) is 13.3. The van der Waals surface area contributed by atoms with Crippen LogP contribution in [0.1, 0.15) is 5.69 Å². The minimum Gasteiger partial charge on any atom is -0.308 e. The molecule has 3 rings (SSSR count). The van der Waals surface area contributed by atoms with Crippen molar-refractivity contribution < 1.29 is 9.18 Å². The fourth-order valence-electron chi connectivity index (χ4n) is 2.30. The van der Waals surface area contributed by atoms with Crippen LogP contribution < -0.4 is 10.6 Å². The number of hydrogen-bond acceptors (Lipinski definition) is 2. The number of carbonyl (C=O) groups is 1. The molecule has 7 heteroatoms. The smallest absolute Gasteiger partial charge is 0.308 e. The van der Waals surface area contributed by atoms with Crippen molar-refractivity contribution in [1.82, 2.24) is 9.78 Å². The van der Waals surface area contributed by atoms with Crippen molar-refractivity contribution in [2.75, 3.05) is 10.6 Å². The first kappa shape index (κ1) is 15.3. The Hall–Kier alpha value is -2.60. The van der Waals surface area contributed by atoms with E-state index in [1.54, 1.807) is 16.8 Å². The summed E-state index contributed by atoms with van der Waals surface area (Å²) >= 11 is 5.88. The zero-order valence-electron chi connectivity index (χ0n) is 12.5. The second-order valence-electron chi connectivity index (χ2n) is 5.12. The molecule has 5 nitrogen and oxygen atoms in total. The molecule has 0 atom stereocenters. The standard InChI is InChI=1S/C16H14ClFN4O/c1-9-11-7-6-10(8-14(11)21-22(9)2)19-16(23)20-15-12(17)4-3-5-13(15)18/h3-8H,1-2H3,(H2,19,20,23). The van der Waals surface area contributed by atoms with Gasteiger partial charge in [0, 0.05) is 23.8 Å². The Balaban J connectivity index is 1.80. The van der Waals surface area contributed by atoms with Crippen molar-refractivity contribution in [3.63, 3.8) is 0 Å². The summed E-state index contributed by atoms with van der Waals surface area (Å²) in [4.78, 5) is 12.0. The van der Waals surface area contributed by atoms with E-state index in [9.17, 15) is 9.18 Å². The average molecular weight is 333 g/mol. The molecular formula is C16H14ClFN4O. The van der Waals surface area contributed by atoms with Crippen molar-refractivity contribution in [1.29, 1.82) is 0 Å². The summed E-state index contributed by atoms with van der Waals surface area (Å²) in [5, 5.41) is 10.6. The van der Waals surface area contributed by atoms with Gasteiger partial charge in [0.2, 0.25) is 0 Å². The van der Waals surface area contributed by atoms with Crippen LogP contribution in [0.25, 0.3) is 10.9 Å². The molecule has 0 spiro atoms. The zero-order chi connectivity index (χ0) is 16.6. The minimum absolute atomic E-state index is 0.0542. The van der Waals surface area contributed by atoms with Gasteiger partial charge in [-0.25, -0.2) is 9.18 Å². The highest BCUT2D eigenvalue weighted by Gasteiger charge is 2.11.